The lowest BCUT2D eigenvalue weighted by Crippen LogP contribution is -2.01. The molecule has 0 radical (unpaired) electrons. The van der Waals surface area contributed by atoms with E-state index in [-0.39, 0.29) is 0 Å². The van der Waals surface area contributed by atoms with Gasteiger partial charge < -0.3 is 4.57 Å². The first-order valence-electron chi connectivity index (χ1n) is 22.1. The van der Waals surface area contributed by atoms with Crippen molar-refractivity contribution in [2.24, 2.45) is 11.8 Å². The lowest BCUT2D eigenvalue weighted by molar-refractivity contribution is 0.589. The summed E-state index contributed by atoms with van der Waals surface area (Å²) in [5.74, 6) is 4.31. The van der Waals surface area contributed by atoms with Crippen LogP contribution in [0.5, 0.6) is 0 Å². The van der Waals surface area contributed by atoms with Crippen LogP contribution in [0.2, 0.25) is 0 Å². The fourth-order valence-electron chi connectivity index (χ4n) is 9.73. The number of hydrogen-bond donors (Lipinski definition) is 0. The Labute approximate surface area is 371 Å². The highest BCUT2D eigenvalue weighted by atomic mass is 32.1. The van der Waals surface area contributed by atoms with Crippen molar-refractivity contribution in [3.63, 3.8) is 0 Å². The van der Waals surface area contributed by atoms with Crippen molar-refractivity contribution in [1.82, 2.24) is 19.5 Å². The molecule has 0 spiro atoms. The van der Waals surface area contributed by atoms with Crippen molar-refractivity contribution in [1.29, 1.82) is 0 Å². The molecule has 1 fully saturated rings. The minimum Gasteiger partial charge on any atom is -0.309 e. The Hall–Kier alpha value is -7.21. The van der Waals surface area contributed by atoms with Crippen LogP contribution in [0.4, 0.5) is 0 Å². The van der Waals surface area contributed by atoms with E-state index in [1.165, 1.54) is 71.6 Å². The number of para-hydroxylation sites is 1. The standard InChI is InChI=1S/C58H44N4S/c1-36(33-43-34-37(43)2)38-27-30-44(31-28-38)62-52-21-10-8-16-46(52)51-35-42(29-32-53(51)62)39-23-25-41(26-24-39)56-59-57(49-18-7-6-15-45(49)40-13-4-3-5-14-40)61-58(60-56)50-20-12-19-48-47-17-9-11-22-54(47)63-55(48)50/h3-32,35-37,43H,33-34H2,1-2H3. The second kappa shape index (κ2) is 15.3. The van der Waals surface area contributed by atoms with Crippen LogP contribution in [0.1, 0.15) is 38.2 Å². The lowest BCUT2D eigenvalue weighted by Gasteiger charge is -2.14. The van der Waals surface area contributed by atoms with E-state index in [9.17, 15) is 0 Å². The lowest BCUT2D eigenvalue weighted by atomic mass is 9.95. The molecule has 3 heterocycles. The number of fused-ring (bicyclic) bond motifs is 6. The highest BCUT2D eigenvalue weighted by Gasteiger charge is 2.33. The van der Waals surface area contributed by atoms with Gasteiger partial charge in [0.2, 0.25) is 0 Å². The van der Waals surface area contributed by atoms with Crippen LogP contribution in [0.25, 0.3) is 104 Å². The summed E-state index contributed by atoms with van der Waals surface area (Å²) in [6.45, 7) is 4.76. The third-order valence-corrected chi connectivity index (χ3v) is 14.6. The number of aromatic nitrogens is 4. The molecular weight excluding hydrogens is 785 g/mol. The van der Waals surface area contributed by atoms with E-state index in [2.05, 4.69) is 200 Å². The van der Waals surface area contributed by atoms with E-state index < -0.39 is 0 Å². The molecule has 1 aliphatic carbocycles. The first-order chi connectivity index (χ1) is 31.0. The van der Waals surface area contributed by atoms with Gasteiger partial charge in [-0.25, -0.2) is 15.0 Å². The number of hydrogen-bond acceptors (Lipinski definition) is 4. The van der Waals surface area contributed by atoms with Crippen LogP contribution < -0.4 is 0 Å². The summed E-state index contributed by atoms with van der Waals surface area (Å²) in [6, 6.07) is 67.6. The number of rotatable bonds is 9. The van der Waals surface area contributed by atoms with Gasteiger partial charge in [0, 0.05) is 53.3 Å². The maximum Gasteiger partial charge on any atom is 0.165 e. The molecule has 4 nitrogen and oxygen atoms in total. The molecule has 63 heavy (non-hydrogen) atoms. The summed E-state index contributed by atoms with van der Waals surface area (Å²) in [5, 5.41) is 4.96. The van der Waals surface area contributed by atoms with Gasteiger partial charge in [0.25, 0.3) is 0 Å². The molecule has 3 unspecified atom stereocenters. The molecule has 12 rings (SSSR count). The third kappa shape index (κ3) is 6.72. The molecule has 0 bridgehead atoms. The van der Waals surface area contributed by atoms with Gasteiger partial charge >= 0.3 is 0 Å². The smallest absolute Gasteiger partial charge is 0.165 e. The van der Waals surface area contributed by atoms with Crippen molar-refractivity contribution in [2.45, 2.75) is 32.6 Å². The SMILES string of the molecule is CC(CC1CC1C)c1ccc(-n2c3ccccc3c3cc(-c4ccc(-c5nc(-c6ccccc6-c6ccccc6)nc(-c6cccc7c6sc6ccccc67)n5)cc4)ccc32)cc1. The molecule has 1 saturated carbocycles. The minimum atomic E-state index is 0.578. The maximum absolute atomic E-state index is 5.26. The molecule has 0 saturated heterocycles. The molecule has 3 atom stereocenters. The summed E-state index contributed by atoms with van der Waals surface area (Å²) >= 11 is 1.79. The first kappa shape index (κ1) is 37.5. The largest absolute Gasteiger partial charge is 0.309 e. The molecule has 1 aliphatic rings. The van der Waals surface area contributed by atoms with Gasteiger partial charge in [-0.2, -0.15) is 0 Å². The molecule has 0 amide bonds. The zero-order valence-corrected chi connectivity index (χ0v) is 36.1. The quantitative estimate of drug-likeness (QED) is 0.146. The normalized spacial score (nSPS) is 15.4. The van der Waals surface area contributed by atoms with Crippen molar-refractivity contribution < 1.29 is 0 Å². The molecule has 302 valence electrons. The zero-order valence-electron chi connectivity index (χ0n) is 35.2. The van der Waals surface area contributed by atoms with Crippen LogP contribution in [0, 0.1) is 11.8 Å². The fraction of sp³-hybridized carbons (Fsp3) is 0.121. The van der Waals surface area contributed by atoms with Crippen LogP contribution in [-0.2, 0) is 0 Å². The molecule has 3 aromatic heterocycles. The van der Waals surface area contributed by atoms with Crippen LogP contribution in [0.3, 0.4) is 0 Å². The van der Waals surface area contributed by atoms with Crippen molar-refractivity contribution in [3.8, 4) is 62.1 Å². The van der Waals surface area contributed by atoms with Crippen molar-refractivity contribution >= 4 is 53.3 Å². The van der Waals surface area contributed by atoms with Gasteiger partial charge in [0.15, 0.2) is 17.5 Å². The third-order valence-electron chi connectivity index (χ3n) is 13.3. The second-order valence-electron chi connectivity index (χ2n) is 17.4. The molecule has 11 aromatic rings. The summed E-state index contributed by atoms with van der Waals surface area (Å²) in [5.41, 5.74) is 12.5. The number of nitrogens with zero attached hydrogens (tertiary/aromatic N) is 4. The van der Waals surface area contributed by atoms with E-state index in [0.717, 1.165) is 45.2 Å². The summed E-state index contributed by atoms with van der Waals surface area (Å²) in [7, 11) is 0. The van der Waals surface area contributed by atoms with Gasteiger partial charge in [0.1, 0.15) is 0 Å². The predicted octanol–water partition coefficient (Wildman–Crippen LogP) is 15.8. The highest BCUT2D eigenvalue weighted by Crippen LogP contribution is 2.45. The number of benzene rings is 8. The maximum atomic E-state index is 5.26. The van der Waals surface area contributed by atoms with Gasteiger partial charge in [-0.05, 0) is 101 Å². The van der Waals surface area contributed by atoms with Crippen molar-refractivity contribution in [2.75, 3.05) is 0 Å². The Balaban J connectivity index is 0.937. The Morgan fingerprint density at radius 2 is 1.11 bits per heavy atom. The molecule has 5 heteroatoms. The van der Waals surface area contributed by atoms with E-state index in [1.54, 1.807) is 11.3 Å². The van der Waals surface area contributed by atoms with Gasteiger partial charge in [-0.15, -0.1) is 11.3 Å². The monoisotopic (exact) mass is 828 g/mol. The Kier molecular flexibility index (Phi) is 9.12. The van der Waals surface area contributed by atoms with Crippen LogP contribution in [0.15, 0.2) is 188 Å². The Bertz CT molecular complexity index is 3490. The Morgan fingerprint density at radius 3 is 1.90 bits per heavy atom. The summed E-state index contributed by atoms with van der Waals surface area (Å²) < 4.78 is 4.84. The first-order valence-corrected chi connectivity index (χ1v) is 22.9. The highest BCUT2D eigenvalue weighted by molar-refractivity contribution is 7.26. The van der Waals surface area contributed by atoms with E-state index in [0.29, 0.717) is 23.4 Å². The van der Waals surface area contributed by atoms with Gasteiger partial charge in [-0.3, -0.25) is 0 Å². The van der Waals surface area contributed by atoms with E-state index in [1.807, 2.05) is 6.07 Å². The topological polar surface area (TPSA) is 43.6 Å². The van der Waals surface area contributed by atoms with Crippen molar-refractivity contribution in [3.05, 3.63) is 194 Å². The second-order valence-corrected chi connectivity index (χ2v) is 18.4. The van der Waals surface area contributed by atoms with Gasteiger partial charge in [-0.1, -0.05) is 159 Å². The minimum absolute atomic E-state index is 0.578. The molecule has 0 aliphatic heterocycles. The molecule has 0 N–H and O–H groups in total. The van der Waals surface area contributed by atoms with E-state index in [4.69, 9.17) is 15.0 Å². The summed E-state index contributed by atoms with van der Waals surface area (Å²) in [4.78, 5) is 15.7. The van der Waals surface area contributed by atoms with Crippen LogP contribution in [-0.4, -0.2) is 19.5 Å². The van der Waals surface area contributed by atoms with Gasteiger partial charge in [0.05, 0.1) is 11.0 Å². The van der Waals surface area contributed by atoms with E-state index >= 15 is 0 Å². The van der Waals surface area contributed by atoms with Crippen LogP contribution >= 0.6 is 11.3 Å². The average Bonchev–Trinajstić information content (AvgIpc) is 3.75. The average molecular weight is 829 g/mol. The predicted molar refractivity (Wildman–Crippen MR) is 265 cm³/mol. The molecular formula is C58H44N4S. The Morgan fingerprint density at radius 1 is 0.508 bits per heavy atom. The summed E-state index contributed by atoms with van der Waals surface area (Å²) in [6.07, 6.45) is 2.66. The number of thiophene rings is 1. The zero-order chi connectivity index (χ0) is 42.0. The molecule has 8 aromatic carbocycles. The fourth-order valence-corrected chi connectivity index (χ4v) is 10.9.